The van der Waals surface area contributed by atoms with Gasteiger partial charge in [-0.15, -0.1) is 0 Å². The van der Waals surface area contributed by atoms with E-state index in [9.17, 15) is 4.79 Å². The molecular weight excluding hydrogens is 214 g/mol. The maximum Gasteiger partial charge on any atom is 0.315 e. The minimum Gasteiger partial charge on any atom is -0.335 e. The molecule has 2 rings (SSSR count). The van der Waals surface area contributed by atoms with E-state index in [1.54, 1.807) is 12.4 Å². The Hall–Kier alpha value is -1.58. The Balaban J connectivity index is 1.77. The van der Waals surface area contributed by atoms with Gasteiger partial charge >= 0.3 is 6.03 Å². The van der Waals surface area contributed by atoms with E-state index < -0.39 is 0 Å². The third-order valence-corrected chi connectivity index (χ3v) is 3.28. The standard InChI is InChI=1S/C13H19N3O/c1-10-6-7-14-8-11(10)9-15-13(17)16-12-4-2-3-5-12/h6-8,12H,2-5,9H2,1H3,(H2,15,16,17). The highest BCUT2D eigenvalue weighted by Gasteiger charge is 2.16. The summed E-state index contributed by atoms with van der Waals surface area (Å²) < 4.78 is 0. The number of carbonyl (C=O) groups excluding carboxylic acids is 1. The second kappa shape index (κ2) is 5.66. The third kappa shape index (κ3) is 3.44. The van der Waals surface area contributed by atoms with Gasteiger partial charge in [0.05, 0.1) is 0 Å². The lowest BCUT2D eigenvalue weighted by atomic mass is 10.2. The zero-order valence-corrected chi connectivity index (χ0v) is 10.2. The van der Waals surface area contributed by atoms with Gasteiger partial charge in [0.2, 0.25) is 0 Å². The Kier molecular flexibility index (Phi) is 3.96. The lowest BCUT2D eigenvalue weighted by Gasteiger charge is -2.13. The molecule has 1 aromatic rings. The molecule has 92 valence electrons. The number of urea groups is 1. The van der Waals surface area contributed by atoms with Crippen LogP contribution in [0.15, 0.2) is 18.5 Å². The molecule has 1 saturated carbocycles. The molecule has 4 heteroatoms. The van der Waals surface area contributed by atoms with Crippen LogP contribution in [0.2, 0.25) is 0 Å². The summed E-state index contributed by atoms with van der Waals surface area (Å²) in [6.45, 7) is 2.56. The van der Waals surface area contributed by atoms with Crippen LogP contribution in [0.1, 0.15) is 36.8 Å². The van der Waals surface area contributed by atoms with Gasteiger partial charge in [0.15, 0.2) is 0 Å². The molecule has 0 radical (unpaired) electrons. The fourth-order valence-electron chi connectivity index (χ4n) is 2.16. The van der Waals surface area contributed by atoms with Crippen LogP contribution >= 0.6 is 0 Å². The molecule has 0 aromatic carbocycles. The summed E-state index contributed by atoms with van der Waals surface area (Å²) >= 11 is 0. The van der Waals surface area contributed by atoms with Crippen molar-refractivity contribution in [3.8, 4) is 0 Å². The smallest absolute Gasteiger partial charge is 0.315 e. The highest BCUT2D eigenvalue weighted by Crippen LogP contribution is 2.17. The van der Waals surface area contributed by atoms with Gasteiger partial charge in [0.25, 0.3) is 0 Å². The molecule has 1 aromatic heterocycles. The van der Waals surface area contributed by atoms with Crippen LogP contribution in [0.4, 0.5) is 4.79 Å². The van der Waals surface area contributed by atoms with E-state index in [0.29, 0.717) is 12.6 Å². The minimum absolute atomic E-state index is 0.0693. The molecule has 1 aliphatic carbocycles. The second-order valence-electron chi connectivity index (χ2n) is 4.61. The number of nitrogens with one attached hydrogen (secondary N) is 2. The van der Waals surface area contributed by atoms with Crippen LogP contribution in [0, 0.1) is 6.92 Å². The predicted octanol–water partition coefficient (Wildman–Crippen LogP) is 2.13. The van der Waals surface area contributed by atoms with E-state index in [-0.39, 0.29) is 6.03 Å². The van der Waals surface area contributed by atoms with Crippen molar-refractivity contribution in [3.63, 3.8) is 0 Å². The number of pyridine rings is 1. The molecule has 4 nitrogen and oxygen atoms in total. The number of carbonyl (C=O) groups is 1. The summed E-state index contributed by atoms with van der Waals surface area (Å²) in [7, 11) is 0. The molecule has 0 atom stereocenters. The van der Waals surface area contributed by atoms with Gasteiger partial charge < -0.3 is 10.6 Å². The Labute approximate surface area is 102 Å². The van der Waals surface area contributed by atoms with Gasteiger partial charge in [0.1, 0.15) is 0 Å². The van der Waals surface area contributed by atoms with Crippen molar-refractivity contribution >= 4 is 6.03 Å². The molecule has 0 unspecified atom stereocenters. The normalized spacial score (nSPS) is 15.8. The zero-order chi connectivity index (χ0) is 12.1. The molecule has 2 amide bonds. The molecule has 2 N–H and O–H groups in total. The minimum atomic E-state index is -0.0693. The van der Waals surface area contributed by atoms with Crippen LogP contribution < -0.4 is 10.6 Å². The topological polar surface area (TPSA) is 54.0 Å². The summed E-state index contributed by atoms with van der Waals surface area (Å²) in [5.41, 5.74) is 2.22. The Morgan fingerprint density at radius 3 is 2.94 bits per heavy atom. The average Bonchev–Trinajstić information content (AvgIpc) is 2.81. The van der Waals surface area contributed by atoms with Crippen LogP contribution in [0.5, 0.6) is 0 Å². The summed E-state index contributed by atoms with van der Waals surface area (Å²) in [6, 6.07) is 2.25. The largest absolute Gasteiger partial charge is 0.335 e. The van der Waals surface area contributed by atoms with Gasteiger partial charge in [-0.05, 0) is 37.0 Å². The average molecular weight is 233 g/mol. The molecule has 0 aliphatic heterocycles. The first-order valence-electron chi connectivity index (χ1n) is 6.19. The molecular formula is C13H19N3O. The highest BCUT2D eigenvalue weighted by molar-refractivity contribution is 5.74. The molecule has 0 saturated heterocycles. The van der Waals surface area contributed by atoms with E-state index in [0.717, 1.165) is 24.0 Å². The number of hydrogen-bond donors (Lipinski definition) is 2. The van der Waals surface area contributed by atoms with Gasteiger partial charge in [-0.2, -0.15) is 0 Å². The van der Waals surface area contributed by atoms with Crippen molar-refractivity contribution in [3.05, 3.63) is 29.6 Å². The van der Waals surface area contributed by atoms with Crippen LogP contribution in [0.3, 0.4) is 0 Å². The number of aromatic nitrogens is 1. The first-order valence-corrected chi connectivity index (χ1v) is 6.19. The van der Waals surface area contributed by atoms with Crippen molar-refractivity contribution in [1.82, 2.24) is 15.6 Å². The second-order valence-corrected chi connectivity index (χ2v) is 4.61. The van der Waals surface area contributed by atoms with E-state index in [4.69, 9.17) is 0 Å². The van der Waals surface area contributed by atoms with Crippen molar-refractivity contribution in [2.45, 2.75) is 45.2 Å². The fourth-order valence-corrected chi connectivity index (χ4v) is 2.16. The molecule has 1 fully saturated rings. The van der Waals surface area contributed by atoms with Gasteiger partial charge in [0, 0.05) is 25.0 Å². The summed E-state index contributed by atoms with van der Waals surface area (Å²) in [5, 5.41) is 5.87. The van der Waals surface area contributed by atoms with Gasteiger partial charge in [-0.1, -0.05) is 12.8 Å². The molecule has 1 heterocycles. The lowest BCUT2D eigenvalue weighted by Crippen LogP contribution is -2.40. The summed E-state index contributed by atoms with van der Waals surface area (Å²) in [4.78, 5) is 15.7. The van der Waals surface area contributed by atoms with E-state index >= 15 is 0 Å². The zero-order valence-electron chi connectivity index (χ0n) is 10.2. The first kappa shape index (κ1) is 11.9. The molecule has 0 bridgehead atoms. The SMILES string of the molecule is Cc1ccncc1CNC(=O)NC1CCCC1. The maximum atomic E-state index is 11.6. The first-order chi connectivity index (χ1) is 8.25. The van der Waals surface area contributed by atoms with Crippen molar-refractivity contribution in [1.29, 1.82) is 0 Å². The van der Waals surface area contributed by atoms with Gasteiger partial charge in [-0.3, -0.25) is 4.98 Å². The van der Waals surface area contributed by atoms with Crippen molar-refractivity contribution in [2.75, 3.05) is 0 Å². The van der Waals surface area contributed by atoms with Crippen LogP contribution in [0.25, 0.3) is 0 Å². The van der Waals surface area contributed by atoms with Crippen LogP contribution in [-0.2, 0) is 6.54 Å². The van der Waals surface area contributed by atoms with E-state index in [1.165, 1.54) is 12.8 Å². The maximum absolute atomic E-state index is 11.6. The Bertz CT molecular complexity index is 386. The van der Waals surface area contributed by atoms with E-state index in [1.807, 2.05) is 13.0 Å². The summed E-state index contributed by atoms with van der Waals surface area (Å²) in [5.74, 6) is 0. The number of nitrogens with zero attached hydrogens (tertiary/aromatic N) is 1. The summed E-state index contributed by atoms with van der Waals surface area (Å²) in [6.07, 6.45) is 8.24. The van der Waals surface area contributed by atoms with Gasteiger partial charge in [-0.25, -0.2) is 4.79 Å². The van der Waals surface area contributed by atoms with Crippen molar-refractivity contribution in [2.24, 2.45) is 0 Å². The van der Waals surface area contributed by atoms with E-state index in [2.05, 4.69) is 15.6 Å². The number of hydrogen-bond acceptors (Lipinski definition) is 2. The number of aryl methyl sites for hydroxylation is 1. The monoisotopic (exact) mass is 233 g/mol. The Morgan fingerprint density at radius 1 is 1.47 bits per heavy atom. The fraction of sp³-hybridized carbons (Fsp3) is 0.538. The number of rotatable bonds is 3. The number of amides is 2. The third-order valence-electron chi connectivity index (χ3n) is 3.28. The molecule has 1 aliphatic rings. The Morgan fingerprint density at radius 2 is 2.24 bits per heavy atom. The van der Waals surface area contributed by atoms with Crippen molar-refractivity contribution < 1.29 is 4.79 Å². The predicted molar refractivity (Wildman–Crippen MR) is 66.6 cm³/mol. The lowest BCUT2D eigenvalue weighted by molar-refractivity contribution is 0.236. The highest BCUT2D eigenvalue weighted by atomic mass is 16.2. The molecule has 0 spiro atoms. The van der Waals surface area contributed by atoms with Crippen LogP contribution in [-0.4, -0.2) is 17.1 Å². The molecule has 17 heavy (non-hydrogen) atoms. The quantitative estimate of drug-likeness (QED) is 0.840.